The summed E-state index contributed by atoms with van der Waals surface area (Å²) in [5.74, 6) is -1.34. The van der Waals surface area contributed by atoms with Crippen LogP contribution in [0.4, 0.5) is 0 Å². The molecule has 7 heteroatoms. The number of ether oxygens (including phenoxy) is 5. The smallest absolute Gasteiger partial charge is 0.309 e. The lowest BCUT2D eigenvalue weighted by atomic mass is 9.79. The molecule has 8 unspecified atom stereocenters. The highest BCUT2D eigenvalue weighted by atomic mass is 16.6. The predicted molar refractivity (Wildman–Crippen MR) is 168 cm³/mol. The molecule has 8 atom stereocenters. The lowest BCUT2D eigenvalue weighted by Gasteiger charge is -2.26. The molecular formula is C36H62O7. The van der Waals surface area contributed by atoms with Gasteiger partial charge >= 0.3 is 11.9 Å². The monoisotopic (exact) mass is 606 g/mol. The molecule has 0 radical (unpaired) electrons. The van der Waals surface area contributed by atoms with Gasteiger partial charge in [-0.05, 0) is 51.4 Å². The summed E-state index contributed by atoms with van der Waals surface area (Å²) < 4.78 is 28.4. The molecule has 3 saturated heterocycles. The van der Waals surface area contributed by atoms with Crippen LogP contribution in [0.5, 0.6) is 0 Å². The van der Waals surface area contributed by atoms with E-state index in [-0.39, 0.29) is 24.1 Å². The van der Waals surface area contributed by atoms with Crippen LogP contribution in [0.2, 0.25) is 0 Å². The molecule has 0 spiro atoms. The van der Waals surface area contributed by atoms with Crippen LogP contribution in [0.15, 0.2) is 0 Å². The molecule has 0 aromatic carbocycles. The van der Waals surface area contributed by atoms with E-state index in [0.717, 1.165) is 25.7 Å². The molecule has 4 fully saturated rings. The van der Waals surface area contributed by atoms with Crippen molar-refractivity contribution < 1.29 is 33.3 Å². The van der Waals surface area contributed by atoms with Crippen molar-refractivity contribution in [2.24, 2.45) is 11.8 Å². The Labute approximate surface area is 261 Å². The molecule has 0 bridgehead atoms. The van der Waals surface area contributed by atoms with Gasteiger partial charge in [0.05, 0.1) is 61.7 Å². The first-order valence-electron chi connectivity index (χ1n) is 18.4. The standard InChI is InChI=1S/C36H62O7/c1-3-19-29-31(41-29)21-15-11-7-5-9-13-17-23-39-35(37)27-25-33-34(43-33)26-28(27)36(38)40-24-18-14-10-6-8-12-16-22-32-30(42-32)20-4-2/h27-34H,3-26H2,1-2H3. The first-order chi connectivity index (χ1) is 21.1. The number of carbonyl (C=O) groups is 2. The first-order valence-corrected chi connectivity index (χ1v) is 18.4. The highest BCUT2D eigenvalue weighted by Crippen LogP contribution is 2.44. The van der Waals surface area contributed by atoms with E-state index < -0.39 is 11.8 Å². The fourth-order valence-corrected chi connectivity index (χ4v) is 7.11. The van der Waals surface area contributed by atoms with Crippen LogP contribution in [0, 0.1) is 11.8 Å². The van der Waals surface area contributed by atoms with Gasteiger partial charge < -0.3 is 23.7 Å². The molecular weight excluding hydrogens is 544 g/mol. The molecule has 1 saturated carbocycles. The average molecular weight is 607 g/mol. The maximum absolute atomic E-state index is 12.9. The summed E-state index contributed by atoms with van der Waals surface area (Å²) in [4.78, 5) is 25.8. The molecule has 0 amide bonds. The van der Waals surface area contributed by atoms with Crippen molar-refractivity contribution in [2.75, 3.05) is 13.2 Å². The Kier molecular flexibility index (Phi) is 15.6. The molecule has 0 N–H and O–H groups in total. The third kappa shape index (κ3) is 13.0. The van der Waals surface area contributed by atoms with Gasteiger partial charge in [-0.1, -0.05) is 104 Å². The number of hydrogen-bond donors (Lipinski definition) is 0. The summed E-state index contributed by atoms with van der Waals surface area (Å²) in [5.41, 5.74) is 0. The molecule has 0 aromatic heterocycles. The van der Waals surface area contributed by atoms with Crippen molar-refractivity contribution in [3.05, 3.63) is 0 Å². The molecule has 43 heavy (non-hydrogen) atoms. The zero-order valence-corrected chi connectivity index (χ0v) is 27.4. The van der Waals surface area contributed by atoms with Gasteiger partial charge in [0, 0.05) is 0 Å². The Morgan fingerprint density at radius 1 is 0.488 bits per heavy atom. The first kappa shape index (κ1) is 34.7. The zero-order valence-electron chi connectivity index (χ0n) is 27.4. The fraction of sp³-hybridized carbons (Fsp3) is 0.944. The lowest BCUT2D eigenvalue weighted by molar-refractivity contribution is -0.162. The minimum Gasteiger partial charge on any atom is -0.465 e. The van der Waals surface area contributed by atoms with Crippen molar-refractivity contribution in [3.8, 4) is 0 Å². The van der Waals surface area contributed by atoms with Crippen LogP contribution in [0.25, 0.3) is 0 Å². The van der Waals surface area contributed by atoms with Crippen molar-refractivity contribution in [1.29, 1.82) is 0 Å². The van der Waals surface area contributed by atoms with Gasteiger partial charge in [0.2, 0.25) is 0 Å². The molecule has 3 heterocycles. The Balaban J connectivity index is 0.959. The van der Waals surface area contributed by atoms with Crippen LogP contribution in [-0.4, -0.2) is 61.8 Å². The minimum atomic E-state index is -0.429. The summed E-state index contributed by atoms with van der Waals surface area (Å²) >= 11 is 0. The van der Waals surface area contributed by atoms with E-state index >= 15 is 0 Å². The van der Waals surface area contributed by atoms with Gasteiger partial charge in [0.15, 0.2) is 0 Å². The van der Waals surface area contributed by atoms with Crippen LogP contribution >= 0.6 is 0 Å². The van der Waals surface area contributed by atoms with Gasteiger partial charge in [-0.25, -0.2) is 0 Å². The summed E-state index contributed by atoms with van der Waals surface area (Å²) in [7, 11) is 0. The normalized spacial score (nSPS) is 30.5. The second-order valence-electron chi connectivity index (χ2n) is 13.8. The minimum absolute atomic E-state index is 0.111. The van der Waals surface area contributed by atoms with Crippen LogP contribution in [0.3, 0.4) is 0 Å². The number of esters is 2. The summed E-state index contributed by atoms with van der Waals surface area (Å²) in [6, 6.07) is 0. The van der Waals surface area contributed by atoms with Gasteiger partial charge in [0.25, 0.3) is 0 Å². The second-order valence-corrected chi connectivity index (χ2v) is 13.8. The Hall–Kier alpha value is -1.18. The van der Waals surface area contributed by atoms with E-state index in [9.17, 15) is 9.59 Å². The topological polar surface area (TPSA) is 90.2 Å². The summed E-state index contributed by atoms with van der Waals surface area (Å²) in [5, 5.41) is 0. The quantitative estimate of drug-likeness (QED) is 0.0556. The maximum atomic E-state index is 12.9. The van der Waals surface area contributed by atoms with E-state index in [2.05, 4.69) is 13.8 Å². The average Bonchev–Trinajstić information content (AvgIpc) is 3.91. The largest absolute Gasteiger partial charge is 0.465 e. The third-order valence-corrected chi connectivity index (χ3v) is 10.0. The Morgan fingerprint density at radius 3 is 1.23 bits per heavy atom. The van der Waals surface area contributed by atoms with Gasteiger partial charge in [-0.15, -0.1) is 0 Å². The van der Waals surface area contributed by atoms with Gasteiger partial charge in [0.1, 0.15) is 0 Å². The fourth-order valence-electron chi connectivity index (χ4n) is 7.11. The SMILES string of the molecule is CCCC1OC1CCCCCCCCCOC(=O)C1CC2OC2CC1C(=O)OCCCCCCCCCC1OC1CCC. The number of carbonyl (C=O) groups excluding carboxylic acids is 2. The Morgan fingerprint density at radius 2 is 0.837 bits per heavy atom. The van der Waals surface area contributed by atoms with Crippen molar-refractivity contribution in [3.63, 3.8) is 0 Å². The highest BCUT2D eigenvalue weighted by molar-refractivity contribution is 5.82. The molecule has 1 aliphatic carbocycles. The highest BCUT2D eigenvalue weighted by Gasteiger charge is 2.53. The third-order valence-electron chi connectivity index (χ3n) is 10.0. The number of fused-ring (bicyclic) bond motifs is 1. The number of epoxide rings is 3. The van der Waals surface area contributed by atoms with Crippen LogP contribution in [-0.2, 0) is 33.3 Å². The van der Waals surface area contributed by atoms with E-state index in [1.54, 1.807) is 0 Å². The zero-order chi connectivity index (χ0) is 30.3. The second kappa shape index (κ2) is 19.4. The lowest BCUT2D eigenvalue weighted by Crippen LogP contribution is -2.37. The van der Waals surface area contributed by atoms with E-state index in [1.165, 1.54) is 103 Å². The predicted octanol–water partition coefficient (Wildman–Crippen LogP) is 8.24. The molecule has 4 aliphatic rings. The molecule has 4 rings (SSSR count). The van der Waals surface area contributed by atoms with E-state index in [4.69, 9.17) is 23.7 Å². The van der Waals surface area contributed by atoms with Crippen LogP contribution < -0.4 is 0 Å². The summed E-state index contributed by atoms with van der Waals surface area (Å²) in [6.07, 6.45) is 27.3. The Bertz CT molecular complexity index is 738. The van der Waals surface area contributed by atoms with Crippen molar-refractivity contribution in [1.82, 2.24) is 0 Å². The van der Waals surface area contributed by atoms with Crippen molar-refractivity contribution in [2.45, 2.75) is 192 Å². The molecule has 3 aliphatic heterocycles. The molecule has 0 aromatic rings. The molecule has 7 nitrogen and oxygen atoms in total. The van der Waals surface area contributed by atoms with E-state index in [1.807, 2.05) is 0 Å². The number of rotatable bonds is 26. The van der Waals surface area contributed by atoms with Gasteiger partial charge in [-0.2, -0.15) is 0 Å². The van der Waals surface area contributed by atoms with Crippen LogP contribution in [0.1, 0.15) is 155 Å². The summed E-state index contributed by atoms with van der Waals surface area (Å²) in [6.45, 7) is 5.33. The number of unbranched alkanes of at least 4 members (excludes halogenated alkanes) is 12. The number of hydrogen-bond acceptors (Lipinski definition) is 7. The van der Waals surface area contributed by atoms with E-state index in [0.29, 0.717) is 50.5 Å². The van der Waals surface area contributed by atoms with Crippen molar-refractivity contribution >= 4 is 11.9 Å². The maximum Gasteiger partial charge on any atom is 0.309 e. The molecule has 248 valence electrons. The van der Waals surface area contributed by atoms with Gasteiger partial charge in [-0.3, -0.25) is 9.59 Å².